The summed E-state index contributed by atoms with van der Waals surface area (Å²) in [5.41, 5.74) is 0.796. The Bertz CT molecular complexity index is 1130. The Kier molecular flexibility index (Phi) is 7.54. The van der Waals surface area contributed by atoms with Gasteiger partial charge < -0.3 is 0 Å². The normalized spacial score (nSPS) is 12.9. The maximum absolute atomic E-state index is 12.9. The topological polar surface area (TPSA) is 132 Å². The average molecular weight is 461 g/mol. The summed E-state index contributed by atoms with van der Waals surface area (Å²) in [4.78, 5) is 4.46. The van der Waals surface area contributed by atoms with Crippen molar-refractivity contribution >= 4 is 30.1 Å². The molecule has 0 atom stereocenters. The minimum Gasteiger partial charge on any atom is -0.209 e. The van der Waals surface area contributed by atoms with E-state index in [1.807, 2.05) is 0 Å². The molecule has 0 aromatic heterocycles. The molecule has 0 bridgehead atoms. The van der Waals surface area contributed by atoms with Crippen LogP contribution in [0.2, 0.25) is 0 Å². The van der Waals surface area contributed by atoms with Gasteiger partial charge in [0.25, 0.3) is 20.0 Å². The van der Waals surface area contributed by atoms with Crippen LogP contribution in [0, 0.1) is 6.92 Å². The lowest BCUT2D eigenvalue weighted by molar-refractivity contribution is 0.337. The van der Waals surface area contributed by atoms with Crippen molar-refractivity contribution < 1.29 is 25.3 Å². The number of aryl methyl sites for hydroxylation is 1. The van der Waals surface area contributed by atoms with Crippen LogP contribution in [-0.4, -0.2) is 35.5 Å². The molecule has 0 saturated carbocycles. The number of sulfonamides is 3. The van der Waals surface area contributed by atoms with Crippen molar-refractivity contribution in [1.29, 1.82) is 0 Å². The largest absolute Gasteiger partial charge is 0.272 e. The van der Waals surface area contributed by atoms with Gasteiger partial charge in [-0.05, 0) is 47.0 Å². The molecule has 0 amide bonds. The lowest BCUT2D eigenvalue weighted by Gasteiger charge is -2.21. The molecular weight excluding hydrogens is 438 g/mol. The van der Waals surface area contributed by atoms with Crippen LogP contribution in [0.5, 0.6) is 0 Å². The summed E-state index contributed by atoms with van der Waals surface area (Å²) in [5.74, 6) is -0.420. The molecular formula is C17H22N3O6S3. The van der Waals surface area contributed by atoms with Gasteiger partial charge in [0.1, 0.15) is 0 Å². The molecule has 0 fully saturated rings. The molecule has 2 aromatic carbocycles. The maximum Gasteiger partial charge on any atom is 0.272 e. The second-order valence-corrected chi connectivity index (χ2v) is 11.4. The summed E-state index contributed by atoms with van der Waals surface area (Å²) in [6.45, 7) is 3.51. The highest BCUT2D eigenvalue weighted by molar-refractivity contribution is 7.93. The van der Waals surface area contributed by atoms with Crippen molar-refractivity contribution in [1.82, 2.24) is 14.2 Å². The third kappa shape index (κ3) is 6.32. The number of hydrogen-bond donors (Lipinski definition) is 1. The van der Waals surface area contributed by atoms with E-state index in [-0.39, 0.29) is 20.7 Å². The van der Waals surface area contributed by atoms with Crippen LogP contribution in [0.1, 0.15) is 25.3 Å². The van der Waals surface area contributed by atoms with Crippen LogP contribution >= 0.6 is 0 Å². The van der Waals surface area contributed by atoms with Crippen molar-refractivity contribution in [3.05, 3.63) is 60.2 Å². The van der Waals surface area contributed by atoms with Crippen LogP contribution in [0.15, 0.2) is 64.4 Å². The van der Waals surface area contributed by atoms with Gasteiger partial charge in [-0.3, -0.25) is 0 Å². The summed E-state index contributed by atoms with van der Waals surface area (Å²) in [6.07, 6.45) is 0.783. The van der Waals surface area contributed by atoms with E-state index in [1.165, 1.54) is 48.5 Å². The summed E-state index contributed by atoms with van der Waals surface area (Å²) in [5, 5.41) is 0. The van der Waals surface area contributed by atoms with Crippen molar-refractivity contribution in [2.75, 3.05) is 5.75 Å². The molecule has 12 heteroatoms. The fourth-order valence-corrected chi connectivity index (χ4v) is 6.10. The van der Waals surface area contributed by atoms with Gasteiger partial charge in [0.05, 0.1) is 15.5 Å². The molecule has 2 rings (SSSR count). The van der Waals surface area contributed by atoms with E-state index in [1.54, 1.807) is 24.7 Å². The molecule has 29 heavy (non-hydrogen) atoms. The number of unbranched alkanes of at least 4 members (excludes halogenated alkanes) is 1. The second kappa shape index (κ2) is 9.32. The standard InChI is InChI=1S/C17H22N3O6S3/c1-3-4-14-27(21,22)18-20(29(25,26)17-8-6-5-7-9-17)19-28(23,24)16-12-10-15(2)11-13-16/h5-13,19H,3-4,14H2,1-2H3. The molecule has 0 saturated heterocycles. The van der Waals surface area contributed by atoms with E-state index < -0.39 is 35.8 Å². The molecule has 0 heterocycles. The van der Waals surface area contributed by atoms with Crippen molar-refractivity contribution in [2.24, 2.45) is 0 Å². The number of benzene rings is 2. The highest BCUT2D eigenvalue weighted by Crippen LogP contribution is 2.17. The van der Waals surface area contributed by atoms with Crippen molar-refractivity contribution in [2.45, 2.75) is 36.5 Å². The number of hydrogen-bond acceptors (Lipinski definition) is 6. The van der Waals surface area contributed by atoms with Crippen LogP contribution < -0.4 is 9.66 Å². The Morgan fingerprint density at radius 1 is 0.862 bits per heavy atom. The number of nitrogens with zero attached hydrogens (tertiary/aromatic N) is 2. The van der Waals surface area contributed by atoms with Crippen molar-refractivity contribution in [3.8, 4) is 0 Å². The zero-order chi connectivity index (χ0) is 21.7. The van der Waals surface area contributed by atoms with Crippen LogP contribution in [0.4, 0.5) is 0 Å². The second-order valence-electron chi connectivity index (χ2n) is 6.19. The Balaban J connectivity index is 2.45. The predicted octanol–water partition coefficient (Wildman–Crippen LogP) is 1.53. The monoisotopic (exact) mass is 460 g/mol. The summed E-state index contributed by atoms with van der Waals surface area (Å²) < 4.78 is 75.5. The number of nitrogens with one attached hydrogen (secondary N) is 1. The molecule has 159 valence electrons. The lowest BCUT2D eigenvalue weighted by atomic mass is 10.2. The first-order valence-electron chi connectivity index (χ1n) is 8.63. The number of rotatable bonds is 10. The molecule has 0 aliphatic rings. The molecule has 1 N–H and O–H groups in total. The molecule has 0 aliphatic carbocycles. The van der Waals surface area contributed by atoms with E-state index >= 15 is 0 Å². The molecule has 0 spiro atoms. The number of hydrazine groups is 1. The highest BCUT2D eigenvalue weighted by Gasteiger charge is 2.34. The quantitative estimate of drug-likeness (QED) is 0.535. The summed E-state index contributed by atoms with van der Waals surface area (Å²) in [6, 6.07) is 12.4. The van der Waals surface area contributed by atoms with Gasteiger partial charge in [-0.15, -0.1) is 4.83 Å². The van der Waals surface area contributed by atoms with Crippen LogP contribution in [0.25, 0.3) is 0 Å². The smallest absolute Gasteiger partial charge is 0.209 e. The zero-order valence-electron chi connectivity index (χ0n) is 15.9. The molecule has 0 aliphatic heterocycles. The fourth-order valence-electron chi connectivity index (χ4n) is 2.16. The van der Waals surface area contributed by atoms with E-state index in [4.69, 9.17) is 0 Å². The van der Waals surface area contributed by atoms with Crippen molar-refractivity contribution in [3.63, 3.8) is 0 Å². The maximum atomic E-state index is 12.9. The molecule has 1 radical (unpaired) electrons. The summed E-state index contributed by atoms with van der Waals surface area (Å²) >= 11 is 0. The predicted molar refractivity (Wildman–Crippen MR) is 108 cm³/mol. The third-order valence-corrected chi connectivity index (χ3v) is 7.99. The van der Waals surface area contributed by atoms with E-state index in [2.05, 4.69) is 4.83 Å². The van der Waals surface area contributed by atoms with Gasteiger partial charge in [0, 0.05) is 0 Å². The summed E-state index contributed by atoms with van der Waals surface area (Å²) in [7, 11) is -13.3. The Morgan fingerprint density at radius 2 is 1.45 bits per heavy atom. The van der Waals surface area contributed by atoms with Gasteiger partial charge in [-0.2, -0.15) is 0 Å². The van der Waals surface area contributed by atoms with Crippen LogP contribution in [-0.2, 0) is 30.1 Å². The van der Waals surface area contributed by atoms with Gasteiger partial charge in [0.15, 0.2) is 0 Å². The average Bonchev–Trinajstić information content (AvgIpc) is 2.66. The Hall–Kier alpha value is -1.83. The fraction of sp³-hybridized carbons (Fsp3) is 0.294. The van der Waals surface area contributed by atoms with Gasteiger partial charge in [-0.1, -0.05) is 49.2 Å². The van der Waals surface area contributed by atoms with Gasteiger partial charge in [-0.25, -0.2) is 25.3 Å². The molecule has 9 nitrogen and oxygen atoms in total. The van der Waals surface area contributed by atoms with E-state index in [0.29, 0.717) is 6.42 Å². The Morgan fingerprint density at radius 3 is 2.00 bits per heavy atom. The van der Waals surface area contributed by atoms with Gasteiger partial charge in [0.2, 0.25) is 10.0 Å². The van der Waals surface area contributed by atoms with E-state index in [0.717, 1.165) is 5.56 Å². The first-order valence-corrected chi connectivity index (χ1v) is 13.2. The molecule has 0 unspecified atom stereocenters. The first-order chi connectivity index (χ1) is 13.5. The van der Waals surface area contributed by atoms with E-state index in [9.17, 15) is 25.3 Å². The molecule has 2 aromatic rings. The minimum atomic E-state index is -4.61. The van der Waals surface area contributed by atoms with Crippen LogP contribution in [0.3, 0.4) is 0 Å². The third-order valence-electron chi connectivity index (χ3n) is 3.75. The zero-order valence-corrected chi connectivity index (χ0v) is 18.3. The minimum absolute atomic E-state index is 0.0947. The van der Waals surface area contributed by atoms with Gasteiger partial charge >= 0.3 is 0 Å². The lowest BCUT2D eigenvalue weighted by Crippen LogP contribution is -2.52. The first kappa shape index (κ1) is 23.4. The highest BCUT2D eigenvalue weighted by atomic mass is 32.2. The Labute approximate surface area is 171 Å². The SMILES string of the molecule is CCCCS(=O)(=O)[N]N(NS(=O)(=O)c1ccc(C)cc1)S(=O)(=O)c1ccccc1.